The lowest BCUT2D eigenvalue weighted by Crippen LogP contribution is -2.01. The number of ketones is 1. The van der Waals surface area contributed by atoms with Gasteiger partial charge in [0.05, 0.1) is 0 Å². The maximum atomic E-state index is 11.6. The van der Waals surface area contributed by atoms with Crippen molar-refractivity contribution in [3.63, 3.8) is 0 Å². The van der Waals surface area contributed by atoms with Gasteiger partial charge in [0.1, 0.15) is 0 Å². The molecule has 1 N–H and O–H groups in total. The van der Waals surface area contributed by atoms with Gasteiger partial charge in [0, 0.05) is 16.9 Å². The second kappa shape index (κ2) is 7.49. The van der Waals surface area contributed by atoms with Gasteiger partial charge in [-0.25, -0.2) is 0 Å². The summed E-state index contributed by atoms with van der Waals surface area (Å²) in [6.45, 7) is 9.75. The molecule has 0 atom stereocenters. The van der Waals surface area contributed by atoms with E-state index in [0.717, 1.165) is 16.9 Å². The molecule has 106 valence electrons. The molecule has 0 spiro atoms. The molecule has 2 aromatic carbocycles. The van der Waals surface area contributed by atoms with Crippen LogP contribution in [0.15, 0.2) is 42.5 Å². The van der Waals surface area contributed by atoms with Crippen molar-refractivity contribution in [1.29, 1.82) is 0 Å². The van der Waals surface area contributed by atoms with Crippen LogP contribution >= 0.6 is 0 Å². The summed E-state index contributed by atoms with van der Waals surface area (Å²) in [7, 11) is 0. The number of anilines is 2. The highest BCUT2D eigenvalue weighted by Crippen LogP contribution is 2.25. The van der Waals surface area contributed by atoms with Gasteiger partial charge in [-0.2, -0.15) is 0 Å². The van der Waals surface area contributed by atoms with Gasteiger partial charge in [0.25, 0.3) is 0 Å². The summed E-state index contributed by atoms with van der Waals surface area (Å²) in [6, 6.07) is 13.7. The fourth-order valence-corrected chi connectivity index (χ4v) is 1.93. The first-order chi connectivity index (χ1) is 9.59. The molecule has 2 aromatic rings. The summed E-state index contributed by atoms with van der Waals surface area (Å²) < 4.78 is 0. The largest absolute Gasteiger partial charge is 0.355 e. The van der Waals surface area contributed by atoms with Crippen LogP contribution in [0.2, 0.25) is 0 Å². The van der Waals surface area contributed by atoms with E-state index in [9.17, 15) is 4.79 Å². The monoisotopic (exact) mass is 269 g/mol. The normalized spacial score (nSPS) is 9.45. The van der Waals surface area contributed by atoms with Crippen molar-refractivity contribution in [2.24, 2.45) is 0 Å². The number of nitrogens with one attached hydrogen (secondary N) is 1. The van der Waals surface area contributed by atoms with Crippen molar-refractivity contribution in [3.8, 4) is 0 Å². The van der Waals surface area contributed by atoms with E-state index in [1.165, 1.54) is 11.1 Å². The maximum Gasteiger partial charge on any atom is 0.161 e. The van der Waals surface area contributed by atoms with Gasteiger partial charge < -0.3 is 5.32 Å². The smallest absolute Gasteiger partial charge is 0.161 e. The molecule has 0 heterocycles. The van der Waals surface area contributed by atoms with Crippen LogP contribution in [-0.2, 0) is 0 Å². The van der Waals surface area contributed by atoms with Gasteiger partial charge in [-0.1, -0.05) is 38.1 Å². The van der Waals surface area contributed by atoms with Crippen LogP contribution in [-0.4, -0.2) is 5.78 Å². The van der Waals surface area contributed by atoms with Crippen LogP contribution in [0.3, 0.4) is 0 Å². The molecule has 20 heavy (non-hydrogen) atoms. The molecule has 0 fully saturated rings. The van der Waals surface area contributed by atoms with Crippen LogP contribution in [0, 0.1) is 13.8 Å². The number of hydrogen-bond acceptors (Lipinski definition) is 2. The highest BCUT2D eigenvalue weighted by molar-refractivity contribution is 6.00. The van der Waals surface area contributed by atoms with Gasteiger partial charge in [-0.15, -0.1) is 0 Å². The number of aryl methyl sites for hydroxylation is 1. The van der Waals surface area contributed by atoms with Crippen LogP contribution in [0.25, 0.3) is 0 Å². The molecule has 0 aliphatic rings. The molecule has 0 radical (unpaired) electrons. The number of para-hydroxylation sites is 1. The zero-order valence-corrected chi connectivity index (χ0v) is 12.9. The predicted octanol–water partition coefficient (Wildman–Crippen LogP) is 5.28. The van der Waals surface area contributed by atoms with E-state index in [0.29, 0.717) is 0 Å². The lowest BCUT2D eigenvalue weighted by molar-refractivity contribution is 0.101. The number of carbonyl (C=O) groups is 1. The molecule has 0 aromatic heterocycles. The standard InChI is InChI=1S/C16H17NO.C2H6/c1-11-7-6-10-15(12(11)2)17-16-9-5-4-8-14(16)13(3)18;1-2/h4-10,17H,1-3H3;1-2H3. The highest BCUT2D eigenvalue weighted by atomic mass is 16.1. The Kier molecular flexibility index (Phi) is 5.98. The third-order valence-electron chi connectivity index (χ3n) is 3.18. The second-order valence-corrected chi connectivity index (χ2v) is 4.47. The van der Waals surface area contributed by atoms with Gasteiger partial charge in [-0.05, 0) is 50.1 Å². The number of hydrogen-bond donors (Lipinski definition) is 1. The number of rotatable bonds is 3. The molecule has 2 heteroatoms. The predicted molar refractivity (Wildman–Crippen MR) is 87.0 cm³/mol. The van der Waals surface area contributed by atoms with Gasteiger partial charge in [-0.3, -0.25) is 4.79 Å². The minimum atomic E-state index is 0.0726. The number of Topliss-reactive ketones (excluding diaryl/α,β-unsaturated/α-hetero) is 1. The Bertz CT molecular complexity index is 588. The number of benzene rings is 2. The Balaban J connectivity index is 0.000000956. The number of carbonyl (C=O) groups excluding carboxylic acids is 1. The van der Waals surface area contributed by atoms with E-state index in [1.807, 2.05) is 50.2 Å². The maximum absolute atomic E-state index is 11.6. The molecule has 0 saturated carbocycles. The van der Waals surface area contributed by atoms with Crippen LogP contribution < -0.4 is 5.32 Å². The Morgan fingerprint density at radius 1 is 0.900 bits per heavy atom. The van der Waals surface area contributed by atoms with Gasteiger partial charge in [0.2, 0.25) is 0 Å². The van der Waals surface area contributed by atoms with Crippen LogP contribution in [0.5, 0.6) is 0 Å². The quantitative estimate of drug-likeness (QED) is 0.768. The highest BCUT2D eigenvalue weighted by Gasteiger charge is 2.07. The summed E-state index contributed by atoms with van der Waals surface area (Å²) in [5, 5.41) is 3.34. The summed E-state index contributed by atoms with van der Waals surface area (Å²) in [4.78, 5) is 11.6. The molecule has 2 rings (SSSR count). The molecular formula is C18H23NO. The molecule has 0 unspecified atom stereocenters. The zero-order valence-electron chi connectivity index (χ0n) is 12.9. The first-order valence-corrected chi connectivity index (χ1v) is 7.03. The second-order valence-electron chi connectivity index (χ2n) is 4.47. The van der Waals surface area contributed by atoms with E-state index in [1.54, 1.807) is 6.92 Å². The molecule has 0 bridgehead atoms. The summed E-state index contributed by atoms with van der Waals surface area (Å²) in [5.74, 6) is 0.0726. The zero-order chi connectivity index (χ0) is 15.1. The lowest BCUT2D eigenvalue weighted by Gasteiger charge is -2.13. The van der Waals surface area contributed by atoms with E-state index in [-0.39, 0.29) is 5.78 Å². The third-order valence-corrected chi connectivity index (χ3v) is 3.18. The first-order valence-electron chi connectivity index (χ1n) is 7.03. The van der Waals surface area contributed by atoms with E-state index >= 15 is 0 Å². The minimum absolute atomic E-state index is 0.0726. The Morgan fingerprint density at radius 2 is 1.50 bits per heavy atom. The van der Waals surface area contributed by atoms with Gasteiger partial charge in [0.15, 0.2) is 5.78 Å². The van der Waals surface area contributed by atoms with Crippen LogP contribution in [0.1, 0.15) is 42.3 Å². The lowest BCUT2D eigenvalue weighted by atomic mass is 10.1. The van der Waals surface area contributed by atoms with Crippen molar-refractivity contribution in [2.45, 2.75) is 34.6 Å². The Morgan fingerprint density at radius 3 is 2.15 bits per heavy atom. The molecule has 2 nitrogen and oxygen atoms in total. The van der Waals surface area contributed by atoms with E-state index < -0.39 is 0 Å². The summed E-state index contributed by atoms with van der Waals surface area (Å²) >= 11 is 0. The average molecular weight is 269 g/mol. The molecular weight excluding hydrogens is 246 g/mol. The summed E-state index contributed by atoms with van der Waals surface area (Å²) in [6.07, 6.45) is 0. The molecule has 0 saturated heterocycles. The van der Waals surface area contributed by atoms with E-state index in [2.05, 4.69) is 25.2 Å². The minimum Gasteiger partial charge on any atom is -0.355 e. The Hall–Kier alpha value is -2.09. The van der Waals surface area contributed by atoms with E-state index in [4.69, 9.17) is 0 Å². The molecule has 0 aliphatic carbocycles. The molecule has 0 amide bonds. The van der Waals surface area contributed by atoms with Gasteiger partial charge >= 0.3 is 0 Å². The van der Waals surface area contributed by atoms with Crippen molar-refractivity contribution in [2.75, 3.05) is 5.32 Å². The average Bonchev–Trinajstić information content (AvgIpc) is 2.46. The van der Waals surface area contributed by atoms with Crippen molar-refractivity contribution in [3.05, 3.63) is 59.2 Å². The fourth-order valence-electron chi connectivity index (χ4n) is 1.93. The molecule has 0 aliphatic heterocycles. The SMILES string of the molecule is CC.CC(=O)c1ccccc1Nc1cccc(C)c1C. The van der Waals surface area contributed by atoms with Crippen molar-refractivity contribution < 1.29 is 4.79 Å². The Labute approximate surface area is 121 Å². The summed E-state index contributed by atoms with van der Waals surface area (Å²) in [5.41, 5.74) is 5.07. The fraction of sp³-hybridized carbons (Fsp3) is 0.278. The van der Waals surface area contributed by atoms with Crippen LogP contribution in [0.4, 0.5) is 11.4 Å². The first kappa shape index (κ1) is 16.0. The van der Waals surface area contributed by atoms with Crippen molar-refractivity contribution in [1.82, 2.24) is 0 Å². The third kappa shape index (κ3) is 3.70. The topological polar surface area (TPSA) is 29.1 Å². The van der Waals surface area contributed by atoms with Crippen molar-refractivity contribution >= 4 is 17.2 Å².